The molecule has 0 aliphatic heterocycles. The first-order valence-corrected chi connectivity index (χ1v) is 11.5. The minimum Gasteiger partial charge on any atom is -0.497 e. The van der Waals surface area contributed by atoms with E-state index in [0.29, 0.717) is 23.7 Å². The highest BCUT2D eigenvalue weighted by Crippen LogP contribution is 2.33. The van der Waals surface area contributed by atoms with Crippen LogP contribution >= 0.6 is 0 Å². The molecule has 0 radical (unpaired) electrons. The van der Waals surface area contributed by atoms with Crippen molar-refractivity contribution in [1.82, 2.24) is 34.6 Å². The van der Waals surface area contributed by atoms with Crippen molar-refractivity contribution in [2.45, 2.75) is 6.54 Å². The standard InChI is InChI=1S/C27H21FN8O/c1-37-22-8-2-18(3-9-22)15-30-24-14-20(12-13-29-24)23-16-35(26-11-10-25-32-31-17-36(25)33-26)34-27(23)19-4-6-21(28)7-5-19/h2-14,16-17H,15H2,1H3,(H,29,30). The minimum absolute atomic E-state index is 0.307. The van der Waals surface area contributed by atoms with Crippen LogP contribution < -0.4 is 10.1 Å². The first kappa shape index (κ1) is 22.4. The molecule has 0 aliphatic carbocycles. The van der Waals surface area contributed by atoms with E-state index in [4.69, 9.17) is 9.84 Å². The summed E-state index contributed by atoms with van der Waals surface area (Å²) in [6.07, 6.45) is 5.19. The first-order chi connectivity index (χ1) is 18.2. The number of nitrogens with zero attached hydrogens (tertiary/aromatic N) is 7. The molecule has 9 nitrogen and oxygen atoms in total. The van der Waals surface area contributed by atoms with Gasteiger partial charge in [0.25, 0.3) is 0 Å². The fraction of sp³-hybridized carbons (Fsp3) is 0.0741. The van der Waals surface area contributed by atoms with Crippen molar-refractivity contribution in [2.24, 2.45) is 0 Å². The highest BCUT2D eigenvalue weighted by molar-refractivity contribution is 5.81. The molecule has 0 atom stereocenters. The topological polar surface area (TPSA) is 95.0 Å². The monoisotopic (exact) mass is 492 g/mol. The Morgan fingerprint density at radius 2 is 1.76 bits per heavy atom. The van der Waals surface area contributed by atoms with Crippen molar-refractivity contribution in [1.29, 1.82) is 0 Å². The molecular weight excluding hydrogens is 471 g/mol. The second-order valence-corrected chi connectivity index (χ2v) is 8.30. The van der Waals surface area contributed by atoms with Gasteiger partial charge in [-0.2, -0.15) is 9.61 Å². The maximum Gasteiger partial charge on any atom is 0.177 e. The number of hydrogen-bond acceptors (Lipinski definition) is 7. The number of halogens is 1. The third-order valence-corrected chi connectivity index (χ3v) is 5.92. The molecule has 0 amide bonds. The van der Waals surface area contributed by atoms with Gasteiger partial charge in [0.1, 0.15) is 29.4 Å². The molecule has 0 saturated carbocycles. The summed E-state index contributed by atoms with van der Waals surface area (Å²) >= 11 is 0. The average Bonchev–Trinajstić information content (AvgIpc) is 3.60. The van der Waals surface area contributed by atoms with E-state index in [1.165, 1.54) is 18.5 Å². The minimum atomic E-state index is -0.307. The molecule has 0 bridgehead atoms. The van der Waals surface area contributed by atoms with E-state index in [1.54, 1.807) is 34.6 Å². The first-order valence-electron chi connectivity index (χ1n) is 11.5. The van der Waals surface area contributed by atoms with Gasteiger partial charge in [0.15, 0.2) is 11.5 Å². The summed E-state index contributed by atoms with van der Waals surface area (Å²) in [5.74, 6) is 1.81. The van der Waals surface area contributed by atoms with Gasteiger partial charge in [0.2, 0.25) is 0 Å². The molecule has 0 aliphatic rings. The van der Waals surface area contributed by atoms with Crippen LogP contribution in [0.25, 0.3) is 33.8 Å². The molecule has 4 heterocycles. The number of nitrogens with one attached hydrogen (secondary N) is 1. The summed E-state index contributed by atoms with van der Waals surface area (Å²) in [6, 6.07) is 21.7. The van der Waals surface area contributed by atoms with Gasteiger partial charge in [-0.3, -0.25) is 0 Å². The van der Waals surface area contributed by atoms with Crippen LogP contribution in [0.4, 0.5) is 10.2 Å². The number of fused-ring (bicyclic) bond motifs is 1. The number of ether oxygens (including phenoxy) is 1. The number of pyridine rings is 1. The highest BCUT2D eigenvalue weighted by atomic mass is 19.1. The van der Waals surface area contributed by atoms with Gasteiger partial charge in [-0.05, 0) is 71.8 Å². The number of aromatic nitrogens is 7. The normalized spacial score (nSPS) is 11.1. The molecule has 1 N–H and O–H groups in total. The lowest BCUT2D eigenvalue weighted by molar-refractivity contribution is 0.414. The number of rotatable bonds is 7. The summed E-state index contributed by atoms with van der Waals surface area (Å²) < 4.78 is 22.2. The van der Waals surface area contributed by atoms with E-state index in [2.05, 4.69) is 25.6 Å². The van der Waals surface area contributed by atoms with Gasteiger partial charge in [0.05, 0.1) is 7.11 Å². The zero-order valence-corrected chi connectivity index (χ0v) is 19.8. The molecule has 10 heteroatoms. The average molecular weight is 493 g/mol. The largest absolute Gasteiger partial charge is 0.497 e. The third-order valence-electron chi connectivity index (χ3n) is 5.92. The van der Waals surface area contributed by atoms with Crippen LogP contribution in [0.5, 0.6) is 5.75 Å². The van der Waals surface area contributed by atoms with E-state index in [-0.39, 0.29) is 5.82 Å². The van der Waals surface area contributed by atoms with E-state index >= 15 is 0 Å². The Labute approximate surface area is 211 Å². The Balaban J connectivity index is 1.36. The highest BCUT2D eigenvalue weighted by Gasteiger charge is 2.16. The molecule has 6 rings (SSSR count). The van der Waals surface area contributed by atoms with Gasteiger partial charge in [-0.15, -0.1) is 15.3 Å². The summed E-state index contributed by atoms with van der Waals surface area (Å²) in [5, 5.41) is 20.6. The lowest BCUT2D eigenvalue weighted by Gasteiger charge is -2.09. The lowest BCUT2D eigenvalue weighted by atomic mass is 10.0. The Morgan fingerprint density at radius 1 is 0.919 bits per heavy atom. The summed E-state index contributed by atoms with van der Waals surface area (Å²) in [6.45, 7) is 0.605. The van der Waals surface area contributed by atoms with Crippen molar-refractivity contribution in [2.75, 3.05) is 12.4 Å². The van der Waals surface area contributed by atoms with Crippen molar-refractivity contribution in [3.05, 3.63) is 103 Å². The fourth-order valence-electron chi connectivity index (χ4n) is 3.99. The SMILES string of the molecule is COc1ccc(CNc2cc(-c3cn(-c4ccc5nncn5n4)nc3-c3ccc(F)cc3)ccn2)cc1. The van der Waals surface area contributed by atoms with Crippen LogP contribution in [-0.2, 0) is 6.54 Å². The zero-order valence-electron chi connectivity index (χ0n) is 19.8. The number of benzene rings is 2. The molecule has 6 aromatic rings. The van der Waals surface area contributed by atoms with Crippen LogP contribution in [0.15, 0.2) is 91.5 Å². The molecule has 37 heavy (non-hydrogen) atoms. The van der Waals surface area contributed by atoms with Crippen molar-refractivity contribution < 1.29 is 9.13 Å². The Kier molecular flexibility index (Phi) is 5.74. The summed E-state index contributed by atoms with van der Waals surface area (Å²) in [4.78, 5) is 4.48. The van der Waals surface area contributed by atoms with Gasteiger partial charge >= 0.3 is 0 Å². The quantitative estimate of drug-likeness (QED) is 0.342. The van der Waals surface area contributed by atoms with Gasteiger partial charge in [-0.25, -0.2) is 14.1 Å². The molecule has 2 aromatic carbocycles. The van der Waals surface area contributed by atoms with Crippen LogP contribution in [0.1, 0.15) is 5.56 Å². The van der Waals surface area contributed by atoms with Gasteiger partial charge in [-0.1, -0.05) is 12.1 Å². The second-order valence-electron chi connectivity index (χ2n) is 8.30. The maximum atomic E-state index is 13.7. The van der Waals surface area contributed by atoms with E-state index in [9.17, 15) is 4.39 Å². The van der Waals surface area contributed by atoms with E-state index < -0.39 is 0 Å². The smallest absolute Gasteiger partial charge is 0.177 e. The van der Waals surface area contributed by atoms with Crippen LogP contribution in [0.3, 0.4) is 0 Å². The van der Waals surface area contributed by atoms with Gasteiger partial charge in [0, 0.05) is 30.1 Å². The van der Waals surface area contributed by atoms with Crippen molar-refractivity contribution >= 4 is 11.5 Å². The molecule has 0 saturated heterocycles. The Morgan fingerprint density at radius 3 is 2.57 bits per heavy atom. The van der Waals surface area contributed by atoms with Crippen LogP contribution in [0.2, 0.25) is 0 Å². The number of methoxy groups -OCH3 is 1. The summed E-state index contributed by atoms with van der Waals surface area (Å²) in [7, 11) is 1.65. The second kappa shape index (κ2) is 9.50. The third kappa shape index (κ3) is 4.59. The van der Waals surface area contributed by atoms with E-state index in [1.807, 2.05) is 54.7 Å². The number of hydrogen-bond donors (Lipinski definition) is 1. The fourth-order valence-corrected chi connectivity index (χ4v) is 3.99. The predicted octanol–water partition coefficient (Wildman–Crippen LogP) is 4.80. The maximum absolute atomic E-state index is 13.7. The molecule has 0 unspecified atom stereocenters. The molecule has 182 valence electrons. The molecule has 0 fully saturated rings. The lowest BCUT2D eigenvalue weighted by Crippen LogP contribution is -2.02. The van der Waals surface area contributed by atoms with Crippen molar-refractivity contribution in [3.63, 3.8) is 0 Å². The summed E-state index contributed by atoms with van der Waals surface area (Å²) in [5.41, 5.74) is 4.97. The van der Waals surface area contributed by atoms with E-state index in [0.717, 1.165) is 33.8 Å². The van der Waals surface area contributed by atoms with Crippen LogP contribution in [0, 0.1) is 5.82 Å². The number of anilines is 1. The molecular formula is C27H21FN8O. The Hall–Kier alpha value is -5.12. The predicted molar refractivity (Wildman–Crippen MR) is 137 cm³/mol. The zero-order chi connectivity index (χ0) is 25.2. The van der Waals surface area contributed by atoms with Crippen LogP contribution in [-0.4, -0.2) is 41.7 Å². The van der Waals surface area contributed by atoms with Crippen molar-refractivity contribution in [3.8, 4) is 34.0 Å². The molecule has 0 spiro atoms. The Bertz CT molecular complexity index is 1680. The molecule has 4 aromatic heterocycles. The van der Waals surface area contributed by atoms with Gasteiger partial charge < -0.3 is 10.1 Å².